The molecule has 0 amide bonds. The minimum atomic E-state index is -3.62. The molecule has 0 aliphatic carbocycles. The van der Waals surface area contributed by atoms with Crippen molar-refractivity contribution in [1.82, 2.24) is 4.31 Å². The lowest BCUT2D eigenvalue weighted by molar-refractivity contribution is 0.0497. The maximum absolute atomic E-state index is 13.3. The molecule has 2 aromatic rings. The third-order valence-corrected chi connectivity index (χ3v) is 7.50. The first-order chi connectivity index (χ1) is 14.5. The number of hydrogen-bond acceptors (Lipinski definition) is 4. The van der Waals surface area contributed by atoms with E-state index in [1.165, 1.54) is 4.31 Å². The minimum Gasteiger partial charge on any atom is -0.493 e. The first-order valence-corrected chi connectivity index (χ1v) is 11.7. The molecule has 0 bridgehead atoms. The van der Waals surface area contributed by atoms with Gasteiger partial charge >= 0.3 is 0 Å². The van der Waals surface area contributed by atoms with Gasteiger partial charge in [0.15, 0.2) is 0 Å². The molecule has 2 aliphatic rings. The maximum Gasteiger partial charge on any atom is 0.264 e. The highest BCUT2D eigenvalue weighted by Gasteiger charge is 2.30. The van der Waals surface area contributed by atoms with Crippen molar-refractivity contribution >= 4 is 14.9 Å². The fourth-order valence-corrected chi connectivity index (χ4v) is 5.39. The van der Waals surface area contributed by atoms with Gasteiger partial charge in [-0.05, 0) is 61.1 Å². The van der Waals surface area contributed by atoms with Gasteiger partial charge in [0.05, 0.1) is 18.1 Å². The van der Waals surface area contributed by atoms with Crippen LogP contribution in [0.1, 0.15) is 30.9 Å². The highest BCUT2D eigenvalue weighted by molar-refractivity contribution is 7.98. The van der Waals surface area contributed by atoms with Crippen molar-refractivity contribution in [1.29, 1.82) is 0 Å². The van der Waals surface area contributed by atoms with Crippen LogP contribution in [0.5, 0.6) is 5.75 Å². The number of hydrogen-bond donors (Lipinski definition) is 0. The molecule has 0 spiro atoms. The van der Waals surface area contributed by atoms with Crippen LogP contribution < -0.4 is 4.74 Å². The lowest BCUT2D eigenvalue weighted by Crippen LogP contribution is -2.31. The summed E-state index contributed by atoms with van der Waals surface area (Å²) in [6, 6.07) is 16.9. The highest BCUT2D eigenvalue weighted by atomic mass is 32.2. The lowest BCUT2D eigenvalue weighted by atomic mass is 10.0. The van der Waals surface area contributed by atoms with Gasteiger partial charge in [0.2, 0.25) is 0 Å². The summed E-state index contributed by atoms with van der Waals surface area (Å²) < 4.78 is 39.3. The summed E-state index contributed by atoms with van der Waals surface area (Å²) >= 11 is 0. The number of allylic oxidation sites excluding steroid dienone is 3. The molecule has 30 heavy (non-hydrogen) atoms. The molecule has 0 atom stereocenters. The Morgan fingerprint density at radius 3 is 2.40 bits per heavy atom. The van der Waals surface area contributed by atoms with Gasteiger partial charge in [0, 0.05) is 18.9 Å². The summed E-state index contributed by atoms with van der Waals surface area (Å²) in [4.78, 5) is 0.324. The van der Waals surface area contributed by atoms with Crippen LogP contribution in [-0.4, -0.2) is 32.5 Å². The molecule has 1 fully saturated rings. The van der Waals surface area contributed by atoms with E-state index in [4.69, 9.17) is 9.47 Å². The molecule has 158 valence electrons. The molecule has 1 saturated heterocycles. The third-order valence-electron chi connectivity index (χ3n) is 5.57. The van der Waals surface area contributed by atoms with Gasteiger partial charge in [-0.25, -0.2) is 8.42 Å². The first-order valence-electron chi connectivity index (χ1n) is 10.3. The van der Waals surface area contributed by atoms with Crippen LogP contribution in [0.4, 0.5) is 0 Å². The summed E-state index contributed by atoms with van der Waals surface area (Å²) in [5.41, 5.74) is 2.32. The predicted octanol–water partition coefficient (Wildman–Crippen LogP) is 4.58. The molecule has 0 saturated carbocycles. The van der Waals surface area contributed by atoms with Gasteiger partial charge in [-0.1, -0.05) is 42.5 Å². The standard InChI is InChI=1S/C24H27NO4S/c1-19-7-12-24(22-5-3-2-4-6-22)30(26,27)25(19)17-20-8-10-23(11-9-20)29-18-21-13-15-28-16-14-21/h2-12,21H,13-18H2,1H3. The Morgan fingerprint density at radius 1 is 1.00 bits per heavy atom. The lowest BCUT2D eigenvalue weighted by Gasteiger charge is -2.29. The minimum absolute atomic E-state index is 0.287. The van der Waals surface area contributed by atoms with Crippen molar-refractivity contribution in [2.75, 3.05) is 19.8 Å². The number of ether oxygens (including phenoxy) is 2. The molecule has 2 heterocycles. The molecule has 5 nitrogen and oxygen atoms in total. The van der Waals surface area contributed by atoms with Gasteiger partial charge in [0.1, 0.15) is 5.75 Å². The van der Waals surface area contributed by atoms with E-state index in [1.54, 1.807) is 6.08 Å². The largest absolute Gasteiger partial charge is 0.493 e. The zero-order valence-electron chi connectivity index (χ0n) is 17.2. The van der Waals surface area contributed by atoms with Crippen LogP contribution in [0.15, 0.2) is 72.4 Å². The quantitative estimate of drug-likeness (QED) is 0.680. The van der Waals surface area contributed by atoms with Crippen LogP contribution in [0.25, 0.3) is 4.91 Å². The zero-order chi connectivity index (χ0) is 21.0. The van der Waals surface area contributed by atoms with E-state index in [1.807, 2.05) is 67.6 Å². The highest BCUT2D eigenvalue weighted by Crippen LogP contribution is 2.32. The normalized spacial score (nSPS) is 19.2. The number of benzene rings is 2. The fourth-order valence-electron chi connectivity index (χ4n) is 3.71. The van der Waals surface area contributed by atoms with Crippen molar-refractivity contribution in [2.45, 2.75) is 26.3 Å². The van der Waals surface area contributed by atoms with Gasteiger partial charge < -0.3 is 9.47 Å². The number of sulfonamides is 1. The van der Waals surface area contributed by atoms with Crippen LogP contribution in [-0.2, 0) is 21.3 Å². The topological polar surface area (TPSA) is 55.8 Å². The Kier molecular flexibility index (Phi) is 6.25. The van der Waals surface area contributed by atoms with Gasteiger partial charge in [-0.2, -0.15) is 0 Å². The summed E-state index contributed by atoms with van der Waals surface area (Å²) in [6.45, 7) is 4.42. The molecule has 4 rings (SSSR count). The number of rotatable bonds is 6. The molecule has 0 radical (unpaired) electrons. The van der Waals surface area contributed by atoms with Crippen LogP contribution >= 0.6 is 0 Å². The molecule has 2 aliphatic heterocycles. The second-order valence-corrected chi connectivity index (χ2v) is 9.56. The summed E-state index contributed by atoms with van der Waals surface area (Å²) in [6.07, 6.45) is 5.61. The zero-order valence-corrected chi connectivity index (χ0v) is 18.0. The molecular weight excluding hydrogens is 398 g/mol. The fraction of sp³-hybridized carbons (Fsp3) is 0.333. The van der Waals surface area contributed by atoms with E-state index in [9.17, 15) is 8.42 Å². The Hall–Kier alpha value is -2.57. The van der Waals surface area contributed by atoms with E-state index >= 15 is 0 Å². The Bertz CT molecular complexity index is 1020. The average Bonchev–Trinajstić information content (AvgIpc) is 2.77. The molecule has 0 unspecified atom stereocenters. The van der Waals surface area contributed by atoms with Gasteiger partial charge in [0.25, 0.3) is 10.0 Å². The Labute approximate surface area is 178 Å². The monoisotopic (exact) mass is 425 g/mol. The van der Waals surface area contributed by atoms with Gasteiger partial charge in [-0.3, -0.25) is 4.31 Å². The second kappa shape index (κ2) is 9.06. The molecule has 2 aromatic carbocycles. The third kappa shape index (κ3) is 4.60. The second-order valence-electron chi connectivity index (χ2n) is 7.73. The van der Waals surface area contributed by atoms with E-state index in [0.29, 0.717) is 28.7 Å². The van der Waals surface area contributed by atoms with E-state index in [2.05, 4.69) is 0 Å². The SMILES string of the molecule is CC1=CC=C(c2ccccc2)S(=O)(=O)N1Cc1ccc(OCC2CCOCC2)cc1. The van der Waals surface area contributed by atoms with Crippen molar-refractivity contribution in [2.24, 2.45) is 5.92 Å². The summed E-state index contributed by atoms with van der Waals surface area (Å²) in [5.74, 6) is 1.34. The van der Waals surface area contributed by atoms with E-state index < -0.39 is 10.0 Å². The van der Waals surface area contributed by atoms with Crippen molar-refractivity contribution in [3.63, 3.8) is 0 Å². The van der Waals surface area contributed by atoms with E-state index in [-0.39, 0.29) is 6.54 Å². The van der Waals surface area contributed by atoms with Crippen molar-refractivity contribution in [3.05, 3.63) is 83.6 Å². The average molecular weight is 426 g/mol. The van der Waals surface area contributed by atoms with Crippen molar-refractivity contribution in [3.8, 4) is 5.75 Å². The molecule has 0 aromatic heterocycles. The number of nitrogens with zero attached hydrogens (tertiary/aromatic N) is 1. The maximum atomic E-state index is 13.3. The predicted molar refractivity (Wildman–Crippen MR) is 118 cm³/mol. The molecular formula is C24H27NO4S. The Balaban J connectivity index is 1.44. The molecule has 6 heteroatoms. The Morgan fingerprint density at radius 2 is 1.70 bits per heavy atom. The van der Waals surface area contributed by atoms with Gasteiger partial charge in [-0.15, -0.1) is 0 Å². The first kappa shape index (κ1) is 20.7. The molecule has 0 N–H and O–H groups in total. The smallest absolute Gasteiger partial charge is 0.264 e. The van der Waals surface area contributed by atoms with E-state index in [0.717, 1.165) is 37.4 Å². The summed E-state index contributed by atoms with van der Waals surface area (Å²) in [5, 5.41) is 0. The van der Waals surface area contributed by atoms with Crippen LogP contribution in [0, 0.1) is 5.92 Å². The van der Waals surface area contributed by atoms with Crippen LogP contribution in [0.3, 0.4) is 0 Å². The van der Waals surface area contributed by atoms with Crippen LogP contribution in [0.2, 0.25) is 0 Å². The van der Waals surface area contributed by atoms with Crippen molar-refractivity contribution < 1.29 is 17.9 Å². The summed E-state index contributed by atoms with van der Waals surface area (Å²) in [7, 11) is -3.62.